The molecule has 0 aromatic carbocycles. The molecule has 0 radical (unpaired) electrons. The van der Waals surface area contributed by atoms with Crippen molar-refractivity contribution >= 4 is 12.0 Å². The highest BCUT2D eigenvalue weighted by Gasteiger charge is 2.40. The molecule has 20 heavy (non-hydrogen) atoms. The number of rotatable bonds is 4. The second-order valence-electron chi connectivity index (χ2n) is 5.06. The molecular weight excluding hydrogens is 262 g/mol. The fourth-order valence-corrected chi connectivity index (χ4v) is 2.45. The Balaban J connectivity index is 1.92. The van der Waals surface area contributed by atoms with Crippen molar-refractivity contribution in [2.75, 3.05) is 0 Å². The van der Waals surface area contributed by atoms with Gasteiger partial charge in [-0.1, -0.05) is 19.3 Å². The molecule has 0 saturated heterocycles. The Kier molecular flexibility index (Phi) is 4.21. The molecule has 8 heteroatoms. The van der Waals surface area contributed by atoms with Crippen LogP contribution >= 0.6 is 0 Å². The molecule has 1 aliphatic carbocycles. The SMILES string of the molecule is Cn1ncnc1CNC(=O)NC1(C(=O)O)CCCCC1. The first-order chi connectivity index (χ1) is 9.53. The number of amides is 2. The first kappa shape index (κ1) is 14.3. The van der Waals surface area contributed by atoms with Gasteiger partial charge in [0.05, 0.1) is 6.54 Å². The minimum Gasteiger partial charge on any atom is -0.480 e. The van der Waals surface area contributed by atoms with Gasteiger partial charge in [0.2, 0.25) is 0 Å². The van der Waals surface area contributed by atoms with Crippen molar-refractivity contribution in [3.63, 3.8) is 0 Å². The van der Waals surface area contributed by atoms with Crippen molar-refractivity contribution in [3.8, 4) is 0 Å². The summed E-state index contributed by atoms with van der Waals surface area (Å²) in [6, 6.07) is -0.489. The Labute approximate surface area is 116 Å². The lowest BCUT2D eigenvalue weighted by molar-refractivity contribution is -0.145. The van der Waals surface area contributed by atoms with E-state index in [1.807, 2.05) is 0 Å². The van der Waals surface area contributed by atoms with Gasteiger partial charge in [0.15, 0.2) is 0 Å². The summed E-state index contributed by atoms with van der Waals surface area (Å²) in [5.41, 5.74) is -1.14. The van der Waals surface area contributed by atoms with Gasteiger partial charge in [-0.3, -0.25) is 4.68 Å². The zero-order valence-corrected chi connectivity index (χ0v) is 11.4. The minimum absolute atomic E-state index is 0.206. The molecule has 8 nitrogen and oxygen atoms in total. The third kappa shape index (κ3) is 3.06. The van der Waals surface area contributed by atoms with Gasteiger partial charge < -0.3 is 15.7 Å². The number of nitrogens with zero attached hydrogens (tertiary/aromatic N) is 3. The second-order valence-corrected chi connectivity index (χ2v) is 5.06. The first-order valence-electron chi connectivity index (χ1n) is 6.66. The number of nitrogens with one attached hydrogen (secondary N) is 2. The highest BCUT2D eigenvalue weighted by molar-refractivity contribution is 5.86. The van der Waals surface area contributed by atoms with E-state index in [1.165, 1.54) is 6.33 Å². The van der Waals surface area contributed by atoms with E-state index in [9.17, 15) is 14.7 Å². The molecule has 0 bridgehead atoms. The Bertz CT molecular complexity index is 493. The molecule has 1 heterocycles. The van der Waals surface area contributed by atoms with Crippen molar-refractivity contribution < 1.29 is 14.7 Å². The molecule has 2 rings (SSSR count). The fraction of sp³-hybridized carbons (Fsp3) is 0.667. The number of carboxylic acids is 1. The van der Waals surface area contributed by atoms with E-state index in [2.05, 4.69) is 20.7 Å². The van der Waals surface area contributed by atoms with Crippen LogP contribution in [0.2, 0.25) is 0 Å². The predicted octanol–water partition coefficient (Wildman–Crippen LogP) is 0.402. The highest BCUT2D eigenvalue weighted by atomic mass is 16.4. The molecule has 1 aliphatic rings. The van der Waals surface area contributed by atoms with Crippen molar-refractivity contribution in [2.24, 2.45) is 7.05 Å². The van der Waals surface area contributed by atoms with E-state index in [0.29, 0.717) is 18.7 Å². The number of aryl methyl sites for hydroxylation is 1. The van der Waals surface area contributed by atoms with Gasteiger partial charge in [-0.15, -0.1) is 0 Å². The number of carboxylic acid groups (broad SMARTS) is 1. The average molecular weight is 281 g/mol. The van der Waals surface area contributed by atoms with E-state index in [1.54, 1.807) is 11.7 Å². The number of urea groups is 1. The van der Waals surface area contributed by atoms with Gasteiger partial charge in [0.1, 0.15) is 17.7 Å². The molecule has 1 saturated carbocycles. The maximum Gasteiger partial charge on any atom is 0.329 e. The molecule has 0 atom stereocenters. The normalized spacial score (nSPS) is 17.4. The van der Waals surface area contributed by atoms with Crippen molar-refractivity contribution in [2.45, 2.75) is 44.2 Å². The number of carbonyl (C=O) groups is 2. The van der Waals surface area contributed by atoms with Gasteiger partial charge >= 0.3 is 12.0 Å². The molecule has 1 aromatic rings. The average Bonchev–Trinajstić information content (AvgIpc) is 2.83. The Morgan fingerprint density at radius 1 is 1.40 bits per heavy atom. The van der Waals surface area contributed by atoms with Crippen molar-refractivity contribution in [3.05, 3.63) is 12.2 Å². The van der Waals surface area contributed by atoms with Crippen molar-refractivity contribution in [1.82, 2.24) is 25.4 Å². The summed E-state index contributed by atoms with van der Waals surface area (Å²) in [5, 5.41) is 18.5. The van der Waals surface area contributed by atoms with E-state index >= 15 is 0 Å². The Morgan fingerprint density at radius 2 is 2.10 bits per heavy atom. The largest absolute Gasteiger partial charge is 0.480 e. The molecular formula is C12H19N5O3. The van der Waals surface area contributed by atoms with Crippen LogP contribution in [0, 0.1) is 0 Å². The third-order valence-electron chi connectivity index (χ3n) is 3.68. The number of hydrogen-bond donors (Lipinski definition) is 3. The van der Waals surface area contributed by atoms with Gasteiger partial charge in [-0.25, -0.2) is 14.6 Å². The molecule has 110 valence electrons. The zero-order chi connectivity index (χ0) is 14.6. The monoisotopic (exact) mass is 281 g/mol. The van der Waals surface area contributed by atoms with Crippen LogP contribution in [0.1, 0.15) is 37.9 Å². The van der Waals surface area contributed by atoms with Crippen LogP contribution in [0.4, 0.5) is 4.79 Å². The lowest BCUT2D eigenvalue weighted by Crippen LogP contribution is -2.58. The smallest absolute Gasteiger partial charge is 0.329 e. The Morgan fingerprint density at radius 3 is 2.65 bits per heavy atom. The van der Waals surface area contributed by atoms with Crippen LogP contribution in [-0.4, -0.2) is 37.4 Å². The minimum atomic E-state index is -1.14. The van der Waals surface area contributed by atoms with Crippen LogP contribution in [-0.2, 0) is 18.4 Å². The van der Waals surface area contributed by atoms with Crippen LogP contribution in [0.15, 0.2) is 6.33 Å². The third-order valence-corrected chi connectivity index (χ3v) is 3.68. The molecule has 3 N–H and O–H groups in total. The number of hydrogen-bond acceptors (Lipinski definition) is 4. The predicted molar refractivity (Wildman–Crippen MR) is 69.8 cm³/mol. The Hall–Kier alpha value is -2.12. The standard InChI is InChI=1S/C12H19N5O3/c1-17-9(14-8-15-17)7-13-11(20)16-12(10(18)19)5-3-2-4-6-12/h8H,2-7H2,1H3,(H,18,19)(H2,13,16,20). The number of aliphatic carboxylic acids is 1. The summed E-state index contributed by atoms with van der Waals surface area (Å²) in [7, 11) is 1.72. The van der Waals surface area contributed by atoms with E-state index in [-0.39, 0.29) is 6.54 Å². The maximum atomic E-state index is 11.9. The molecule has 0 aliphatic heterocycles. The molecule has 2 amide bonds. The number of carbonyl (C=O) groups excluding carboxylic acids is 1. The van der Waals surface area contributed by atoms with E-state index < -0.39 is 17.5 Å². The molecule has 1 aromatic heterocycles. The first-order valence-corrected chi connectivity index (χ1v) is 6.66. The quantitative estimate of drug-likeness (QED) is 0.740. The van der Waals surface area contributed by atoms with Crippen LogP contribution in [0.3, 0.4) is 0 Å². The topological polar surface area (TPSA) is 109 Å². The second kappa shape index (κ2) is 5.89. The zero-order valence-electron chi connectivity index (χ0n) is 11.4. The summed E-state index contributed by atoms with van der Waals surface area (Å²) in [5.74, 6) is -0.362. The highest BCUT2D eigenvalue weighted by Crippen LogP contribution is 2.28. The summed E-state index contributed by atoms with van der Waals surface area (Å²) in [6.07, 6.45) is 4.98. The number of aromatic nitrogens is 3. The van der Waals surface area contributed by atoms with Gasteiger partial charge in [0, 0.05) is 7.05 Å². The molecule has 0 spiro atoms. The van der Waals surface area contributed by atoms with Gasteiger partial charge in [-0.2, -0.15) is 5.10 Å². The van der Waals surface area contributed by atoms with Crippen LogP contribution < -0.4 is 10.6 Å². The fourth-order valence-electron chi connectivity index (χ4n) is 2.45. The van der Waals surface area contributed by atoms with E-state index in [4.69, 9.17) is 0 Å². The molecule has 0 unspecified atom stereocenters. The van der Waals surface area contributed by atoms with Gasteiger partial charge in [0.25, 0.3) is 0 Å². The summed E-state index contributed by atoms with van der Waals surface area (Å²) in [6.45, 7) is 0.206. The van der Waals surface area contributed by atoms with E-state index in [0.717, 1.165) is 19.3 Å². The lowest BCUT2D eigenvalue weighted by atomic mass is 9.82. The van der Waals surface area contributed by atoms with Crippen molar-refractivity contribution in [1.29, 1.82) is 0 Å². The molecule has 1 fully saturated rings. The summed E-state index contributed by atoms with van der Waals surface area (Å²) < 4.78 is 1.55. The van der Waals surface area contributed by atoms with Crippen LogP contribution in [0.25, 0.3) is 0 Å². The maximum absolute atomic E-state index is 11.9. The van der Waals surface area contributed by atoms with Gasteiger partial charge in [-0.05, 0) is 12.8 Å². The lowest BCUT2D eigenvalue weighted by Gasteiger charge is -2.33. The van der Waals surface area contributed by atoms with Crippen LogP contribution in [0.5, 0.6) is 0 Å². The summed E-state index contributed by atoms with van der Waals surface area (Å²) in [4.78, 5) is 27.3. The summed E-state index contributed by atoms with van der Waals surface area (Å²) >= 11 is 0.